The predicted molar refractivity (Wildman–Crippen MR) is 51.5 cm³/mol. The largest absolute Gasteiger partial charge is 0.395 e. The highest BCUT2D eigenvalue weighted by atomic mass is 16.6. The average molecular weight is 202 g/mol. The monoisotopic (exact) mass is 202 g/mol. The smallest absolute Gasteiger partial charge is 0.321 e. The molecule has 0 heterocycles. The second kappa shape index (κ2) is 5.75. The SMILES string of the molecule is CCCCC(=O)OC(=O)C(C)(C)CO. The van der Waals surface area contributed by atoms with E-state index in [-0.39, 0.29) is 13.0 Å². The van der Waals surface area contributed by atoms with Crippen molar-refractivity contribution in [2.45, 2.75) is 40.0 Å². The molecular weight excluding hydrogens is 184 g/mol. The topological polar surface area (TPSA) is 63.6 Å². The third-order valence-corrected chi connectivity index (χ3v) is 1.89. The lowest BCUT2D eigenvalue weighted by Gasteiger charge is -2.18. The number of unbranched alkanes of at least 4 members (excludes halogenated alkanes) is 1. The maximum absolute atomic E-state index is 11.3. The minimum atomic E-state index is -0.998. The van der Waals surface area contributed by atoms with Crippen molar-refractivity contribution in [3.63, 3.8) is 0 Å². The lowest BCUT2D eigenvalue weighted by atomic mass is 9.95. The third-order valence-electron chi connectivity index (χ3n) is 1.89. The van der Waals surface area contributed by atoms with Crippen LogP contribution >= 0.6 is 0 Å². The summed E-state index contributed by atoms with van der Waals surface area (Å²) in [6, 6.07) is 0. The summed E-state index contributed by atoms with van der Waals surface area (Å²) in [4.78, 5) is 22.3. The molecule has 0 rings (SSSR count). The van der Waals surface area contributed by atoms with Gasteiger partial charge in [-0.05, 0) is 20.3 Å². The van der Waals surface area contributed by atoms with Gasteiger partial charge in [0.1, 0.15) is 0 Å². The van der Waals surface area contributed by atoms with E-state index in [2.05, 4.69) is 4.74 Å². The van der Waals surface area contributed by atoms with E-state index in [1.165, 1.54) is 13.8 Å². The lowest BCUT2D eigenvalue weighted by Crippen LogP contribution is -2.31. The summed E-state index contributed by atoms with van der Waals surface area (Å²) in [5, 5.41) is 8.84. The molecule has 0 amide bonds. The Morgan fingerprint density at radius 2 is 1.93 bits per heavy atom. The fourth-order valence-electron chi connectivity index (χ4n) is 0.678. The first-order valence-electron chi connectivity index (χ1n) is 4.80. The minimum Gasteiger partial charge on any atom is -0.395 e. The van der Waals surface area contributed by atoms with Crippen LogP contribution in [-0.2, 0) is 14.3 Å². The quantitative estimate of drug-likeness (QED) is 0.538. The zero-order valence-corrected chi connectivity index (χ0v) is 9.00. The van der Waals surface area contributed by atoms with E-state index >= 15 is 0 Å². The highest BCUT2D eigenvalue weighted by Gasteiger charge is 2.30. The molecule has 0 saturated carbocycles. The number of esters is 2. The molecule has 82 valence electrons. The van der Waals surface area contributed by atoms with Gasteiger partial charge in [-0.3, -0.25) is 9.59 Å². The van der Waals surface area contributed by atoms with E-state index in [9.17, 15) is 9.59 Å². The van der Waals surface area contributed by atoms with Crippen LogP contribution < -0.4 is 0 Å². The Morgan fingerprint density at radius 3 is 2.36 bits per heavy atom. The number of carbonyl (C=O) groups is 2. The standard InChI is InChI=1S/C10H18O4/c1-4-5-6-8(12)14-9(13)10(2,3)7-11/h11H,4-7H2,1-3H3. The van der Waals surface area contributed by atoms with Crippen molar-refractivity contribution in [1.82, 2.24) is 0 Å². The van der Waals surface area contributed by atoms with E-state index in [1.54, 1.807) is 0 Å². The number of rotatable bonds is 5. The molecule has 0 radical (unpaired) electrons. The molecule has 0 aliphatic rings. The summed E-state index contributed by atoms with van der Waals surface area (Å²) in [5.41, 5.74) is -0.998. The van der Waals surface area contributed by atoms with Gasteiger partial charge in [0.05, 0.1) is 12.0 Å². The molecule has 0 aliphatic carbocycles. The Labute approximate surface area is 84.3 Å². The first-order valence-corrected chi connectivity index (χ1v) is 4.80. The average Bonchev–Trinajstić information content (AvgIpc) is 2.14. The van der Waals surface area contributed by atoms with E-state index < -0.39 is 17.4 Å². The van der Waals surface area contributed by atoms with Crippen LogP contribution in [0.5, 0.6) is 0 Å². The van der Waals surface area contributed by atoms with E-state index in [0.717, 1.165) is 6.42 Å². The van der Waals surface area contributed by atoms with Gasteiger partial charge in [0.25, 0.3) is 0 Å². The normalized spacial score (nSPS) is 11.1. The van der Waals surface area contributed by atoms with Crippen molar-refractivity contribution in [1.29, 1.82) is 0 Å². The minimum absolute atomic E-state index is 0.254. The lowest BCUT2D eigenvalue weighted by molar-refractivity contribution is -0.167. The summed E-state index contributed by atoms with van der Waals surface area (Å²) < 4.78 is 4.57. The van der Waals surface area contributed by atoms with Crippen LogP contribution in [0.1, 0.15) is 40.0 Å². The number of ether oxygens (including phenoxy) is 1. The van der Waals surface area contributed by atoms with E-state index in [1.807, 2.05) is 6.92 Å². The van der Waals surface area contributed by atoms with Gasteiger partial charge < -0.3 is 9.84 Å². The Balaban J connectivity index is 4.00. The zero-order chi connectivity index (χ0) is 11.2. The van der Waals surface area contributed by atoms with E-state index in [4.69, 9.17) is 5.11 Å². The fraction of sp³-hybridized carbons (Fsp3) is 0.800. The number of aliphatic hydroxyl groups is 1. The first-order chi connectivity index (χ1) is 6.44. The Hall–Kier alpha value is -0.900. The molecular formula is C10H18O4. The molecule has 14 heavy (non-hydrogen) atoms. The predicted octanol–water partition coefficient (Wildman–Crippen LogP) is 1.26. The Kier molecular flexibility index (Phi) is 5.38. The molecule has 4 nitrogen and oxygen atoms in total. The second-order valence-electron chi connectivity index (χ2n) is 3.91. The number of hydrogen-bond donors (Lipinski definition) is 1. The third kappa shape index (κ3) is 4.37. The summed E-state index contributed by atoms with van der Waals surface area (Å²) >= 11 is 0. The van der Waals surface area contributed by atoms with Crippen LogP contribution in [0, 0.1) is 5.41 Å². The number of carbonyl (C=O) groups excluding carboxylic acids is 2. The van der Waals surface area contributed by atoms with Crippen LogP contribution in [0.3, 0.4) is 0 Å². The molecule has 4 heteroatoms. The van der Waals surface area contributed by atoms with Gasteiger partial charge in [0, 0.05) is 6.42 Å². The van der Waals surface area contributed by atoms with Gasteiger partial charge in [0.2, 0.25) is 0 Å². The van der Waals surface area contributed by atoms with Crippen molar-refractivity contribution >= 4 is 11.9 Å². The molecule has 0 atom stereocenters. The van der Waals surface area contributed by atoms with Crippen molar-refractivity contribution in [2.24, 2.45) is 5.41 Å². The summed E-state index contributed by atoms with van der Waals surface area (Å²) in [6.07, 6.45) is 1.85. The molecule has 1 N–H and O–H groups in total. The van der Waals surface area contributed by atoms with Crippen LogP contribution in [0.15, 0.2) is 0 Å². The Morgan fingerprint density at radius 1 is 1.36 bits per heavy atom. The molecule has 0 bridgehead atoms. The molecule has 0 fully saturated rings. The highest BCUT2D eigenvalue weighted by molar-refractivity contribution is 5.88. The van der Waals surface area contributed by atoms with Crippen molar-refractivity contribution in [3.8, 4) is 0 Å². The molecule has 0 aromatic carbocycles. The van der Waals surface area contributed by atoms with Crippen LogP contribution in [0.2, 0.25) is 0 Å². The summed E-state index contributed by atoms with van der Waals surface area (Å²) in [5.74, 6) is -1.18. The second-order valence-corrected chi connectivity index (χ2v) is 3.91. The maximum atomic E-state index is 11.3. The molecule has 0 saturated heterocycles. The molecule has 0 spiro atoms. The molecule has 0 aliphatic heterocycles. The van der Waals surface area contributed by atoms with E-state index in [0.29, 0.717) is 6.42 Å². The van der Waals surface area contributed by atoms with Crippen LogP contribution in [0.25, 0.3) is 0 Å². The van der Waals surface area contributed by atoms with Crippen LogP contribution in [0.4, 0.5) is 0 Å². The first kappa shape index (κ1) is 13.1. The molecule has 0 unspecified atom stereocenters. The molecule has 0 aromatic rings. The highest BCUT2D eigenvalue weighted by Crippen LogP contribution is 2.16. The summed E-state index contributed by atoms with van der Waals surface area (Å²) in [6.45, 7) is 4.69. The number of hydrogen-bond acceptors (Lipinski definition) is 4. The van der Waals surface area contributed by atoms with Crippen molar-refractivity contribution in [3.05, 3.63) is 0 Å². The maximum Gasteiger partial charge on any atom is 0.321 e. The summed E-state index contributed by atoms with van der Waals surface area (Å²) in [7, 11) is 0. The van der Waals surface area contributed by atoms with Gasteiger partial charge in [-0.15, -0.1) is 0 Å². The van der Waals surface area contributed by atoms with Gasteiger partial charge in [-0.1, -0.05) is 13.3 Å². The van der Waals surface area contributed by atoms with Crippen molar-refractivity contribution < 1.29 is 19.4 Å². The van der Waals surface area contributed by atoms with Crippen LogP contribution in [-0.4, -0.2) is 23.7 Å². The zero-order valence-electron chi connectivity index (χ0n) is 9.00. The van der Waals surface area contributed by atoms with Gasteiger partial charge in [-0.25, -0.2) is 0 Å². The van der Waals surface area contributed by atoms with Gasteiger partial charge in [0.15, 0.2) is 0 Å². The Bertz CT molecular complexity index is 208. The van der Waals surface area contributed by atoms with Gasteiger partial charge >= 0.3 is 11.9 Å². The fourth-order valence-corrected chi connectivity index (χ4v) is 0.678. The number of aliphatic hydroxyl groups excluding tert-OH is 1. The van der Waals surface area contributed by atoms with Crippen molar-refractivity contribution in [2.75, 3.05) is 6.61 Å². The van der Waals surface area contributed by atoms with Gasteiger partial charge in [-0.2, -0.15) is 0 Å². The molecule has 0 aromatic heterocycles.